The molecular formula is C20H19N5O2. The quantitative estimate of drug-likeness (QED) is 0.511. The highest BCUT2D eigenvalue weighted by atomic mass is 16.3. The first kappa shape index (κ1) is 16.0. The molecule has 1 aliphatic heterocycles. The summed E-state index contributed by atoms with van der Waals surface area (Å²) in [4.78, 5) is 22.4. The van der Waals surface area contributed by atoms with E-state index in [1.165, 1.54) is 0 Å². The predicted molar refractivity (Wildman–Crippen MR) is 102 cm³/mol. The van der Waals surface area contributed by atoms with Gasteiger partial charge in [-0.25, -0.2) is 4.98 Å². The predicted octanol–water partition coefficient (Wildman–Crippen LogP) is 2.70. The molecule has 3 N–H and O–H groups in total. The molecular weight excluding hydrogens is 342 g/mol. The molecule has 1 aliphatic rings. The first-order valence-corrected chi connectivity index (χ1v) is 9.09. The van der Waals surface area contributed by atoms with E-state index in [0.717, 1.165) is 27.6 Å². The number of para-hydroxylation sites is 2. The van der Waals surface area contributed by atoms with Crippen molar-refractivity contribution in [1.29, 1.82) is 0 Å². The van der Waals surface area contributed by atoms with E-state index in [-0.39, 0.29) is 12.0 Å². The number of amides is 1. The maximum atomic E-state index is 12.7. The fourth-order valence-electron chi connectivity index (χ4n) is 3.65. The molecule has 2 aromatic carbocycles. The molecule has 5 rings (SSSR count). The minimum atomic E-state index is -0.296. The first-order chi connectivity index (χ1) is 13.2. The highest BCUT2D eigenvalue weighted by molar-refractivity contribution is 6.00. The lowest BCUT2D eigenvalue weighted by molar-refractivity contribution is 0.0546. The normalized spacial score (nSPS) is 15.7. The van der Waals surface area contributed by atoms with Crippen LogP contribution in [0.1, 0.15) is 23.2 Å². The average molecular weight is 361 g/mol. The number of hydrogen-bond donors (Lipinski definition) is 3. The number of imidazole rings is 1. The van der Waals surface area contributed by atoms with Crippen LogP contribution in [0.2, 0.25) is 0 Å². The molecule has 0 aliphatic carbocycles. The molecule has 0 spiro atoms. The third-order valence-corrected chi connectivity index (χ3v) is 5.18. The van der Waals surface area contributed by atoms with Crippen molar-refractivity contribution in [3.05, 3.63) is 48.0 Å². The monoisotopic (exact) mass is 361 g/mol. The van der Waals surface area contributed by atoms with Crippen LogP contribution in [0.4, 0.5) is 0 Å². The van der Waals surface area contributed by atoms with Gasteiger partial charge < -0.3 is 15.0 Å². The second kappa shape index (κ2) is 6.21. The van der Waals surface area contributed by atoms with Crippen LogP contribution in [0.25, 0.3) is 33.5 Å². The van der Waals surface area contributed by atoms with E-state index >= 15 is 0 Å². The first-order valence-electron chi connectivity index (χ1n) is 9.09. The topological polar surface area (TPSA) is 97.9 Å². The molecule has 4 aromatic rings. The molecule has 0 saturated carbocycles. The van der Waals surface area contributed by atoms with Gasteiger partial charge in [-0.3, -0.25) is 9.89 Å². The number of carbonyl (C=O) groups excluding carboxylic acids is 1. The fraction of sp³-hybridized carbons (Fsp3) is 0.250. The molecule has 7 nitrogen and oxygen atoms in total. The Kier molecular flexibility index (Phi) is 3.68. The van der Waals surface area contributed by atoms with Gasteiger partial charge in [-0.05, 0) is 43.2 Å². The molecule has 1 amide bonds. The van der Waals surface area contributed by atoms with E-state index in [1.54, 1.807) is 4.90 Å². The largest absolute Gasteiger partial charge is 0.393 e. The summed E-state index contributed by atoms with van der Waals surface area (Å²) in [5, 5.41) is 18.0. The molecule has 1 saturated heterocycles. The molecule has 0 bridgehead atoms. The van der Waals surface area contributed by atoms with Crippen molar-refractivity contribution in [1.82, 2.24) is 25.1 Å². The van der Waals surface area contributed by atoms with Crippen LogP contribution in [-0.2, 0) is 0 Å². The van der Waals surface area contributed by atoms with Crippen molar-refractivity contribution in [2.75, 3.05) is 13.1 Å². The number of H-pyrrole nitrogens is 2. The zero-order chi connectivity index (χ0) is 18.4. The van der Waals surface area contributed by atoms with E-state index < -0.39 is 0 Å². The Hall–Kier alpha value is -3.19. The van der Waals surface area contributed by atoms with E-state index in [9.17, 15) is 9.90 Å². The Balaban J connectivity index is 1.48. The number of likely N-dealkylation sites (tertiary alicyclic amines) is 1. The number of nitrogens with one attached hydrogen (secondary N) is 2. The van der Waals surface area contributed by atoms with Crippen LogP contribution >= 0.6 is 0 Å². The third kappa shape index (κ3) is 2.76. The second-order valence-corrected chi connectivity index (χ2v) is 6.96. The number of benzene rings is 2. The maximum absolute atomic E-state index is 12.7. The number of aliphatic hydroxyl groups excluding tert-OH is 1. The van der Waals surface area contributed by atoms with Crippen molar-refractivity contribution in [2.45, 2.75) is 18.9 Å². The van der Waals surface area contributed by atoms with Crippen LogP contribution in [0.5, 0.6) is 0 Å². The molecule has 27 heavy (non-hydrogen) atoms. The number of piperidine rings is 1. The standard InChI is InChI=1S/C20H19N5O2/c26-13-7-9-25(10-8-13)20(27)12-5-6-14-17(11-12)23-24-18(14)19-21-15-3-1-2-4-16(15)22-19/h1-6,11,13,26H,7-10H2,(H,21,22)(H,23,24). The molecule has 1 fully saturated rings. The van der Waals surface area contributed by atoms with Crippen LogP contribution in [-0.4, -0.2) is 55.3 Å². The minimum absolute atomic E-state index is 0.0105. The lowest BCUT2D eigenvalue weighted by Gasteiger charge is -2.29. The van der Waals surface area contributed by atoms with Gasteiger partial charge in [0.1, 0.15) is 5.69 Å². The zero-order valence-corrected chi connectivity index (χ0v) is 14.6. The van der Waals surface area contributed by atoms with Crippen molar-refractivity contribution < 1.29 is 9.90 Å². The number of carbonyl (C=O) groups is 1. The van der Waals surface area contributed by atoms with Crippen LogP contribution < -0.4 is 0 Å². The Bertz CT molecular complexity index is 1100. The molecule has 0 atom stereocenters. The number of rotatable bonds is 2. The number of aliphatic hydroxyl groups is 1. The summed E-state index contributed by atoms with van der Waals surface area (Å²) in [5.41, 5.74) is 4.01. The SMILES string of the molecule is O=C(c1ccc2c(-c3nc4ccccc4[nH]3)n[nH]c2c1)N1CCC(O)CC1. The van der Waals surface area contributed by atoms with Gasteiger partial charge in [0.05, 0.1) is 22.7 Å². The van der Waals surface area contributed by atoms with E-state index in [0.29, 0.717) is 37.3 Å². The van der Waals surface area contributed by atoms with Gasteiger partial charge >= 0.3 is 0 Å². The average Bonchev–Trinajstić information content (AvgIpc) is 3.31. The summed E-state index contributed by atoms with van der Waals surface area (Å²) in [5.74, 6) is 0.690. The summed E-state index contributed by atoms with van der Waals surface area (Å²) in [6.45, 7) is 1.18. The third-order valence-electron chi connectivity index (χ3n) is 5.18. The molecule has 136 valence electrons. The molecule has 3 heterocycles. The molecule has 2 aromatic heterocycles. The Morgan fingerprint density at radius 1 is 1.11 bits per heavy atom. The highest BCUT2D eigenvalue weighted by Gasteiger charge is 2.23. The summed E-state index contributed by atoms with van der Waals surface area (Å²) >= 11 is 0. The maximum Gasteiger partial charge on any atom is 0.253 e. The van der Waals surface area contributed by atoms with E-state index in [4.69, 9.17) is 0 Å². The molecule has 7 heteroatoms. The Labute approximate surface area is 155 Å². The van der Waals surface area contributed by atoms with Gasteiger partial charge in [0, 0.05) is 24.0 Å². The summed E-state index contributed by atoms with van der Waals surface area (Å²) < 4.78 is 0. The number of fused-ring (bicyclic) bond motifs is 2. The summed E-state index contributed by atoms with van der Waals surface area (Å²) in [7, 11) is 0. The van der Waals surface area contributed by atoms with Crippen molar-refractivity contribution in [3.8, 4) is 11.5 Å². The summed E-state index contributed by atoms with van der Waals surface area (Å²) in [6.07, 6.45) is 0.971. The highest BCUT2D eigenvalue weighted by Crippen LogP contribution is 2.27. The van der Waals surface area contributed by atoms with Gasteiger partial charge in [-0.15, -0.1) is 0 Å². The zero-order valence-electron chi connectivity index (χ0n) is 14.6. The smallest absolute Gasteiger partial charge is 0.253 e. The molecule has 0 radical (unpaired) electrons. The van der Waals surface area contributed by atoms with Gasteiger partial charge in [-0.2, -0.15) is 5.10 Å². The lowest BCUT2D eigenvalue weighted by Crippen LogP contribution is -2.40. The van der Waals surface area contributed by atoms with Gasteiger partial charge in [0.25, 0.3) is 5.91 Å². The van der Waals surface area contributed by atoms with Gasteiger partial charge in [-0.1, -0.05) is 12.1 Å². The lowest BCUT2D eigenvalue weighted by atomic mass is 10.1. The Morgan fingerprint density at radius 3 is 2.74 bits per heavy atom. The number of nitrogens with zero attached hydrogens (tertiary/aromatic N) is 3. The van der Waals surface area contributed by atoms with Crippen molar-refractivity contribution in [2.24, 2.45) is 0 Å². The molecule has 0 unspecified atom stereocenters. The van der Waals surface area contributed by atoms with Crippen molar-refractivity contribution >= 4 is 27.8 Å². The fourth-order valence-corrected chi connectivity index (χ4v) is 3.65. The van der Waals surface area contributed by atoms with E-state index in [1.807, 2.05) is 42.5 Å². The number of hydrogen-bond acceptors (Lipinski definition) is 4. The van der Waals surface area contributed by atoms with Crippen LogP contribution in [0.15, 0.2) is 42.5 Å². The van der Waals surface area contributed by atoms with Gasteiger partial charge in [0.2, 0.25) is 0 Å². The van der Waals surface area contributed by atoms with E-state index in [2.05, 4.69) is 20.2 Å². The minimum Gasteiger partial charge on any atom is -0.393 e. The second-order valence-electron chi connectivity index (χ2n) is 6.96. The number of aromatic nitrogens is 4. The van der Waals surface area contributed by atoms with Gasteiger partial charge in [0.15, 0.2) is 5.82 Å². The van der Waals surface area contributed by atoms with Crippen LogP contribution in [0, 0.1) is 0 Å². The Morgan fingerprint density at radius 2 is 1.93 bits per heavy atom. The van der Waals surface area contributed by atoms with Crippen molar-refractivity contribution in [3.63, 3.8) is 0 Å². The van der Waals surface area contributed by atoms with Crippen LogP contribution in [0.3, 0.4) is 0 Å². The summed E-state index contributed by atoms with van der Waals surface area (Å²) in [6, 6.07) is 13.4. The number of aromatic amines is 2.